The topological polar surface area (TPSA) is 70.5 Å². The van der Waals surface area contributed by atoms with E-state index in [1.165, 1.54) is 19.2 Å². The molecule has 0 radical (unpaired) electrons. The van der Waals surface area contributed by atoms with Crippen LogP contribution >= 0.6 is 12.6 Å². The number of aromatic nitrogens is 1. The Kier molecular flexibility index (Phi) is 3.79. The summed E-state index contributed by atoms with van der Waals surface area (Å²) in [5.74, 6) is 0.218. The fraction of sp³-hybridized carbons (Fsp3) is 0.0714. The highest BCUT2D eigenvalue weighted by Crippen LogP contribution is 2.41. The molecular weight excluding hydrogens is 274 g/mol. The predicted molar refractivity (Wildman–Crippen MR) is 76.1 cm³/mol. The van der Waals surface area contributed by atoms with Gasteiger partial charge in [-0.15, -0.1) is 12.6 Å². The van der Waals surface area contributed by atoms with Crippen LogP contribution in [0.3, 0.4) is 0 Å². The summed E-state index contributed by atoms with van der Waals surface area (Å²) in [7, 11) is 1.40. The van der Waals surface area contributed by atoms with Gasteiger partial charge >= 0.3 is 0 Å². The van der Waals surface area contributed by atoms with Gasteiger partial charge in [-0.2, -0.15) is 5.26 Å². The van der Waals surface area contributed by atoms with Gasteiger partial charge in [0.25, 0.3) is 5.69 Å². The molecule has 1 heterocycles. The maximum atomic E-state index is 9.33. The Labute approximate surface area is 121 Å². The van der Waals surface area contributed by atoms with Crippen molar-refractivity contribution >= 4 is 18.3 Å². The van der Waals surface area contributed by atoms with E-state index in [-0.39, 0.29) is 27.9 Å². The molecule has 20 heavy (non-hydrogen) atoms. The second-order valence-electron chi connectivity index (χ2n) is 3.81. The number of phenols is 1. The van der Waals surface area contributed by atoms with E-state index < -0.39 is 0 Å². The van der Waals surface area contributed by atoms with Gasteiger partial charge in [0.2, 0.25) is 5.88 Å². The van der Waals surface area contributed by atoms with Crippen molar-refractivity contribution in [2.45, 2.75) is 5.03 Å². The molecule has 6 heteroatoms. The first kappa shape index (κ1) is 13.7. The SMILES string of the molecule is [C-]#[N+]c1c(OC)nc(S)c(C#N)c1-c1ccc(O)cc1. The van der Waals surface area contributed by atoms with Crippen molar-refractivity contribution in [3.05, 3.63) is 41.2 Å². The molecule has 0 saturated carbocycles. The van der Waals surface area contributed by atoms with E-state index in [0.717, 1.165) is 0 Å². The number of hydrogen-bond acceptors (Lipinski definition) is 5. The Morgan fingerprint density at radius 2 is 2.05 bits per heavy atom. The van der Waals surface area contributed by atoms with Crippen molar-refractivity contribution in [2.24, 2.45) is 0 Å². The average molecular weight is 283 g/mol. The first-order valence-corrected chi connectivity index (χ1v) is 5.95. The highest BCUT2D eigenvalue weighted by molar-refractivity contribution is 7.80. The van der Waals surface area contributed by atoms with Crippen LogP contribution in [0.5, 0.6) is 11.6 Å². The lowest BCUT2D eigenvalue weighted by Gasteiger charge is -2.12. The minimum Gasteiger partial charge on any atom is -0.508 e. The van der Waals surface area contributed by atoms with E-state index >= 15 is 0 Å². The first-order chi connectivity index (χ1) is 9.62. The average Bonchev–Trinajstić information content (AvgIpc) is 2.46. The lowest BCUT2D eigenvalue weighted by atomic mass is 10.00. The minimum absolute atomic E-state index is 0.101. The third-order valence-electron chi connectivity index (χ3n) is 2.69. The number of ether oxygens (including phenoxy) is 1. The van der Waals surface area contributed by atoms with Gasteiger partial charge in [0.15, 0.2) is 0 Å². The van der Waals surface area contributed by atoms with E-state index in [0.29, 0.717) is 11.1 Å². The zero-order chi connectivity index (χ0) is 14.7. The Hall–Kier alpha value is -2.70. The van der Waals surface area contributed by atoms with Crippen molar-refractivity contribution in [2.75, 3.05) is 7.11 Å². The summed E-state index contributed by atoms with van der Waals surface area (Å²) in [6, 6.07) is 8.20. The third kappa shape index (κ3) is 2.25. The highest BCUT2D eigenvalue weighted by atomic mass is 32.1. The molecule has 0 saturated heterocycles. The zero-order valence-electron chi connectivity index (χ0n) is 10.5. The third-order valence-corrected chi connectivity index (χ3v) is 3.02. The summed E-state index contributed by atoms with van der Waals surface area (Å²) in [6.45, 7) is 7.28. The number of thiol groups is 1. The van der Waals surface area contributed by atoms with Gasteiger partial charge in [0.1, 0.15) is 16.8 Å². The van der Waals surface area contributed by atoms with E-state index in [2.05, 4.69) is 22.5 Å². The normalized spacial score (nSPS) is 9.60. The number of benzene rings is 1. The Bertz CT molecular complexity index is 743. The first-order valence-electron chi connectivity index (χ1n) is 5.50. The number of hydrogen-bond donors (Lipinski definition) is 2. The van der Waals surface area contributed by atoms with Crippen LogP contribution in [0.2, 0.25) is 0 Å². The molecule has 1 aromatic carbocycles. The van der Waals surface area contributed by atoms with Crippen LogP contribution in [0.25, 0.3) is 16.0 Å². The largest absolute Gasteiger partial charge is 0.508 e. The van der Waals surface area contributed by atoms with E-state index in [1.807, 2.05) is 6.07 Å². The molecule has 0 atom stereocenters. The van der Waals surface area contributed by atoms with Crippen molar-refractivity contribution in [1.82, 2.24) is 4.98 Å². The van der Waals surface area contributed by atoms with E-state index in [4.69, 9.17) is 11.3 Å². The molecule has 0 spiro atoms. The molecule has 0 aliphatic carbocycles. The van der Waals surface area contributed by atoms with Crippen molar-refractivity contribution in [3.63, 3.8) is 0 Å². The fourth-order valence-electron chi connectivity index (χ4n) is 1.80. The number of nitriles is 1. The lowest BCUT2D eigenvalue weighted by molar-refractivity contribution is 0.397. The van der Waals surface area contributed by atoms with Gasteiger partial charge in [-0.3, -0.25) is 0 Å². The second kappa shape index (κ2) is 5.52. The van der Waals surface area contributed by atoms with Crippen LogP contribution in [0.1, 0.15) is 5.56 Å². The number of methoxy groups -OCH3 is 1. The molecule has 0 unspecified atom stereocenters. The molecule has 0 fully saturated rings. The molecule has 0 aliphatic heterocycles. The molecule has 0 bridgehead atoms. The Morgan fingerprint density at radius 1 is 1.40 bits per heavy atom. The molecule has 1 aromatic heterocycles. The molecule has 5 nitrogen and oxygen atoms in total. The van der Waals surface area contributed by atoms with E-state index in [9.17, 15) is 10.4 Å². The second-order valence-corrected chi connectivity index (χ2v) is 4.24. The number of nitrogens with zero attached hydrogens (tertiary/aromatic N) is 3. The summed E-state index contributed by atoms with van der Waals surface area (Å²) < 4.78 is 5.07. The summed E-state index contributed by atoms with van der Waals surface area (Å²) in [6.07, 6.45) is 0. The summed E-state index contributed by atoms with van der Waals surface area (Å²) in [4.78, 5) is 7.40. The number of rotatable bonds is 2. The molecule has 2 rings (SSSR count). The quantitative estimate of drug-likeness (QED) is 0.656. The van der Waals surface area contributed by atoms with Crippen LogP contribution in [0.4, 0.5) is 5.69 Å². The Morgan fingerprint density at radius 3 is 2.55 bits per heavy atom. The minimum atomic E-state index is 0.101. The molecule has 2 aromatic rings. The highest BCUT2D eigenvalue weighted by Gasteiger charge is 2.20. The van der Waals surface area contributed by atoms with Crippen LogP contribution in [0.15, 0.2) is 29.3 Å². The van der Waals surface area contributed by atoms with Gasteiger partial charge in [0.05, 0.1) is 19.2 Å². The molecule has 98 valence electrons. The maximum absolute atomic E-state index is 9.33. The monoisotopic (exact) mass is 283 g/mol. The number of phenolic OH excluding ortho intramolecular Hbond substituents is 1. The molecule has 0 amide bonds. The predicted octanol–water partition coefficient (Wildman–Crippen LogP) is 3.17. The van der Waals surface area contributed by atoms with E-state index in [1.54, 1.807) is 12.1 Å². The Balaban J connectivity index is 2.85. The van der Waals surface area contributed by atoms with Crippen LogP contribution < -0.4 is 4.74 Å². The number of pyridine rings is 1. The maximum Gasteiger partial charge on any atom is 0.256 e. The zero-order valence-corrected chi connectivity index (χ0v) is 11.3. The van der Waals surface area contributed by atoms with Gasteiger partial charge in [0, 0.05) is 5.56 Å². The van der Waals surface area contributed by atoms with Gasteiger partial charge in [-0.25, -0.2) is 9.83 Å². The fourth-order valence-corrected chi connectivity index (χ4v) is 2.06. The smallest absolute Gasteiger partial charge is 0.256 e. The van der Waals surface area contributed by atoms with Crippen LogP contribution in [-0.2, 0) is 0 Å². The standard InChI is InChI=1S/C14H9N3O2S/c1-16-12-11(8-3-5-9(18)6-4-8)10(7-15)14(20)17-13(12)19-2/h3-6,18H,2H3,(H,17,20). The van der Waals surface area contributed by atoms with Crippen molar-refractivity contribution in [1.29, 1.82) is 5.26 Å². The summed E-state index contributed by atoms with van der Waals surface area (Å²) in [5, 5.41) is 18.8. The van der Waals surface area contributed by atoms with Crippen molar-refractivity contribution < 1.29 is 9.84 Å². The molecular formula is C14H9N3O2S. The summed E-state index contributed by atoms with van der Waals surface area (Å²) in [5.41, 5.74) is 1.36. The van der Waals surface area contributed by atoms with Gasteiger partial charge < -0.3 is 9.84 Å². The molecule has 0 aliphatic rings. The van der Waals surface area contributed by atoms with Gasteiger partial charge in [-0.05, 0) is 17.7 Å². The number of aromatic hydroxyl groups is 1. The van der Waals surface area contributed by atoms with Crippen molar-refractivity contribution in [3.8, 4) is 28.8 Å². The van der Waals surface area contributed by atoms with Gasteiger partial charge in [-0.1, -0.05) is 12.1 Å². The summed E-state index contributed by atoms with van der Waals surface area (Å²) >= 11 is 4.16. The molecule has 1 N–H and O–H groups in total. The van der Waals surface area contributed by atoms with Crippen LogP contribution in [0, 0.1) is 17.9 Å². The van der Waals surface area contributed by atoms with Crippen LogP contribution in [-0.4, -0.2) is 17.2 Å². The lowest BCUT2D eigenvalue weighted by Crippen LogP contribution is -1.96.